The molecule has 378 valence electrons. The molecule has 6 aromatic heterocycles. The van der Waals surface area contributed by atoms with Crippen LogP contribution in [0.15, 0.2) is 153 Å². The molecule has 0 bridgehead atoms. The molecular weight excluding hydrogens is 1460 g/mol. The first-order chi connectivity index (χ1) is 35.7. The van der Waals surface area contributed by atoms with Crippen LogP contribution >= 0.6 is 0 Å². The second kappa shape index (κ2) is 22.9. The summed E-state index contributed by atoms with van der Waals surface area (Å²) in [7, 11) is 0. The Labute approximate surface area is 476 Å². The maximum atomic E-state index is 4.52. The monoisotopic (exact) mass is 1510 g/mol. The van der Waals surface area contributed by atoms with E-state index < -0.39 is 0 Å². The Morgan fingerprint density at radius 3 is 1.07 bits per heavy atom. The van der Waals surface area contributed by atoms with E-state index in [0.29, 0.717) is 0 Å². The van der Waals surface area contributed by atoms with E-state index in [2.05, 4.69) is 178 Å². The quantitative estimate of drug-likeness (QED) is 0.147. The Morgan fingerprint density at radius 2 is 0.640 bits per heavy atom. The molecule has 17 heteroatoms. The number of benzene rings is 3. The molecule has 14 nitrogen and oxygen atoms in total. The molecule has 12 heterocycles. The second-order valence-electron chi connectivity index (χ2n) is 17.4. The van der Waals surface area contributed by atoms with Gasteiger partial charge in [0.25, 0.3) is 0 Å². The number of aromatic nitrogens is 8. The van der Waals surface area contributed by atoms with Crippen LogP contribution in [-0.2, 0) is 97.9 Å². The Kier molecular flexibility index (Phi) is 15.8. The Bertz CT molecular complexity index is 2880. The van der Waals surface area contributed by atoms with Gasteiger partial charge in [0.15, 0.2) is 0 Å². The number of hydrogen-bond donors (Lipinski definition) is 0. The van der Waals surface area contributed by atoms with Crippen LogP contribution < -0.4 is 29.4 Å². The van der Waals surface area contributed by atoms with E-state index >= 15 is 0 Å². The van der Waals surface area contributed by atoms with Crippen LogP contribution in [0.25, 0.3) is 0 Å². The Morgan fingerprint density at radius 1 is 0.307 bits per heavy atom. The van der Waals surface area contributed by atoms with E-state index in [0.717, 1.165) is 119 Å². The fourth-order valence-electron chi connectivity index (χ4n) is 9.77. The minimum Gasteiger partial charge on any atom is -0.513 e. The summed E-state index contributed by atoms with van der Waals surface area (Å²) in [5.74, 6) is 3.73. The van der Waals surface area contributed by atoms with Gasteiger partial charge in [0, 0.05) is 133 Å². The van der Waals surface area contributed by atoms with Gasteiger partial charge in [-0.1, -0.05) is 23.3 Å². The van der Waals surface area contributed by atoms with Crippen molar-refractivity contribution >= 4 is 68.8 Å². The maximum absolute atomic E-state index is 4.52. The van der Waals surface area contributed by atoms with Crippen LogP contribution in [-0.4, -0.2) is 39.9 Å². The summed E-state index contributed by atoms with van der Waals surface area (Å²) in [6.07, 6.45) is 23.3. The summed E-state index contributed by atoms with van der Waals surface area (Å²) in [5.41, 5.74) is 15.3. The molecule has 0 amide bonds. The van der Waals surface area contributed by atoms with Crippen LogP contribution in [0.3, 0.4) is 0 Å². The molecule has 0 spiro atoms. The predicted octanol–water partition coefficient (Wildman–Crippen LogP) is 10.7. The zero-order valence-corrected chi connectivity index (χ0v) is 47.6. The summed E-state index contributed by atoms with van der Waals surface area (Å²) in [4.78, 5) is 47.9. The smallest absolute Gasteiger partial charge is 0.121 e. The molecule has 6 aliphatic rings. The number of hydrogen-bond acceptors (Lipinski definition) is 14. The topological polar surface area (TPSA) is 123 Å². The predicted molar refractivity (Wildman–Crippen MR) is 278 cm³/mol. The molecule has 6 aliphatic heterocycles. The molecule has 0 saturated carbocycles. The average molecular weight is 1510 g/mol. The fraction of sp³-hybridized carbons (Fsp3) is 0.103. The van der Waals surface area contributed by atoms with E-state index in [4.69, 9.17) is 0 Å². The Balaban J connectivity index is 0.000000126. The van der Waals surface area contributed by atoms with Gasteiger partial charge in [-0.15, -0.1) is 127 Å². The van der Waals surface area contributed by atoms with Crippen LogP contribution in [0.1, 0.15) is 33.6 Å². The first kappa shape index (κ1) is 51.6. The number of rotatable bonds is 6. The van der Waals surface area contributed by atoms with Gasteiger partial charge in [-0.25, -0.2) is 59.2 Å². The first-order valence-electron chi connectivity index (χ1n) is 23.9. The molecule has 0 fully saturated rings. The number of fused-ring (bicyclic) bond motifs is 6. The number of nitrogens with zero attached hydrogens (tertiary/aromatic N) is 14. The molecule has 3 aromatic carbocycles. The molecule has 0 N–H and O–H groups in total. The molecule has 15 rings (SSSR count). The van der Waals surface area contributed by atoms with Gasteiger partial charge < -0.3 is 29.4 Å². The average Bonchev–Trinajstić information content (AvgIpc) is 4.33. The van der Waals surface area contributed by atoms with E-state index in [1.54, 1.807) is 24.8 Å². The molecule has 0 saturated heterocycles. The van der Waals surface area contributed by atoms with Gasteiger partial charge >= 0.3 is 0 Å². The van der Waals surface area contributed by atoms with Crippen molar-refractivity contribution in [3.8, 4) is 0 Å². The van der Waals surface area contributed by atoms with Crippen molar-refractivity contribution in [2.75, 3.05) is 29.4 Å². The van der Waals surface area contributed by atoms with Gasteiger partial charge in [-0.3, -0.25) is 19.9 Å². The van der Waals surface area contributed by atoms with Crippen molar-refractivity contribution in [2.24, 2.45) is 0 Å². The van der Waals surface area contributed by atoms with Crippen molar-refractivity contribution in [3.05, 3.63) is 244 Å². The van der Waals surface area contributed by atoms with E-state index in [1.165, 1.54) is 22.3 Å². The maximum Gasteiger partial charge on any atom is 0.121 e. The minimum atomic E-state index is 0. The third kappa shape index (κ3) is 10.2. The molecule has 0 unspecified atom stereocenters. The zero-order valence-electron chi connectivity index (χ0n) is 40.0. The molecule has 0 aliphatic carbocycles. The molecule has 0 atom stereocenters. The largest absolute Gasteiger partial charge is 0.513 e. The summed E-state index contributed by atoms with van der Waals surface area (Å²) in [6.45, 7) is 12.9. The van der Waals surface area contributed by atoms with Gasteiger partial charge in [-0.05, 0) is 35.4 Å². The SMILES string of the molecule is [Os].[Os].[Os].[c-]1c(N2[CH-]Cc3cccnc32)cccc1N1[CH-]Cc2cccnc21.[c-]1c(N2[CH-]Cc3ccncc32)cccc1N1[CH-]Cc2ccncc21.[c-]1c(N2[CH-]Cc3nccnc32)cccc1N1[CH-]Cc2nccnc21. The molecular formula is C58H43N14Os3-9. The van der Waals surface area contributed by atoms with Gasteiger partial charge in [0.1, 0.15) is 23.3 Å². The van der Waals surface area contributed by atoms with Crippen LogP contribution in [0, 0.1) is 57.5 Å². The number of anilines is 12. The van der Waals surface area contributed by atoms with Crippen molar-refractivity contribution in [2.45, 2.75) is 38.5 Å². The van der Waals surface area contributed by atoms with Crippen LogP contribution in [0.4, 0.5) is 68.8 Å². The summed E-state index contributed by atoms with van der Waals surface area (Å²) in [6, 6.07) is 41.4. The van der Waals surface area contributed by atoms with E-state index in [-0.39, 0.29) is 59.4 Å². The Hall–Kier alpha value is -6.87. The van der Waals surface area contributed by atoms with Crippen LogP contribution in [0.5, 0.6) is 0 Å². The standard InChI is InChI=1S/2C20H15N4.C18H13N6.3Os/c1-6-17(23-12-8-15-4-2-10-21-19(15)23)14-18(7-1)24-13-9-16-5-3-11-22-20(16)24;1-2-17(23-10-6-15-4-8-21-13-19(15)23)12-18(3-1)24-11-7-16-5-9-22-14-20(16)24;1-2-13(23-10-4-15-17(23)21-8-6-19-15)12-14(3-1)24-11-5-16-18(24)22-9-7-20-16;;;/h1-7,10-13H,8-9H2;1-5,8-11,13-14H,6-7H2;1-3,6-11H,4-5H2;;;/q3*-3;;;. The normalized spacial score (nSPS) is 14.9. The van der Waals surface area contributed by atoms with Crippen molar-refractivity contribution < 1.29 is 59.4 Å². The molecule has 75 heavy (non-hydrogen) atoms. The minimum absolute atomic E-state index is 0. The summed E-state index contributed by atoms with van der Waals surface area (Å²) in [5, 5.41) is 0. The molecule has 0 radical (unpaired) electrons. The van der Waals surface area contributed by atoms with E-state index in [1.807, 2.05) is 77.3 Å². The van der Waals surface area contributed by atoms with Gasteiger partial charge in [0.2, 0.25) is 0 Å². The molecule has 9 aromatic rings. The van der Waals surface area contributed by atoms with Gasteiger partial charge in [0.05, 0.1) is 11.4 Å². The third-order valence-corrected chi connectivity index (χ3v) is 13.2. The van der Waals surface area contributed by atoms with Crippen LogP contribution in [0.2, 0.25) is 0 Å². The number of pyridine rings is 4. The van der Waals surface area contributed by atoms with Crippen molar-refractivity contribution in [1.29, 1.82) is 0 Å². The summed E-state index contributed by atoms with van der Waals surface area (Å²) >= 11 is 0. The first-order valence-corrected chi connectivity index (χ1v) is 23.9. The van der Waals surface area contributed by atoms with Crippen molar-refractivity contribution in [3.63, 3.8) is 0 Å². The summed E-state index contributed by atoms with van der Waals surface area (Å²) < 4.78 is 0. The second-order valence-corrected chi connectivity index (χ2v) is 17.4. The fourth-order valence-corrected chi connectivity index (χ4v) is 9.77. The van der Waals surface area contributed by atoms with Crippen molar-refractivity contribution in [1.82, 2.24) is 39.9 Å². The third-order valence-electron chi connectivity index (χ3n) is 13.2. The van der Waals surface area contributed by atoms with E-state index in [9.17, 15) is 0 Å². The van der Waals surface area contributed by atoms with Gasteiger partial charge in [-0.2, -0.15) is 18.2 Å². The zero-order chi connectivity index (χ0) is 47.8.